The van der Waals surface area contributed by atoms with E-state index in [1.54, 1.807) is 24.7 Å². The topological polar surface area (TPSA) is 41.6 Å². The number of aryl methyl sites for hydroxylation is 1. The summed E-state index contributed by atoms with van der Waals surface area (Å²) in [6.45, 7) is 3.21. The van der Waals surface area contributed by atoms with Gasteiger partial charge in [-0.25, -0.2) is 4.98 Å². The van der Waals surface area contributed by atoms with Crippen molar-refractivity contribution in [2.24, 2.45) is 0 Å². The van der Waals surface area contributed by atoms with E-state index in [0.717, 1.165) is 18.5 Å². The van der Waals surface area contributed by atoms with Gasteiger partial charge in [-0.15, -0.1) is 0 Å². The molecule has 3 rings (SSSR count). The molecule has 1 aliphatic heterocycles. The van der Waals surface area contributed by atoms with Crippen LogP contribution in [0.4, 0.5) is 8.78 Å². The van der Waals surface area contributed by atoms with Gasteiger partial charge in [0.15, 0.2) is 0 Å². The summed E-state index contributed by atoms with van der Waals surface area (Å²) < 4.78 is 30.3. The van der Waals surface area contributed by atoms with Crippen molar-refractivity contribution < 1.29 is 8.78 Å². The molecule has 1 aliphatic rings. The Morgan fingerprint density at radius 1 is 1.48 bits per heavy atom. The Labute approximate surface area is 121 Å². The fraction of sp³-hybridized carbons (Fsp3) is 0.250. The van der Waals surface area contributed by atoms with Gasteiger partial charge in [0.05, 0.1) is 24.0 Å². The van der Waals surface area contributed by atoms with Gasteiger partial charge in [-0.05, 0) is 36.6 Å². The van der Waals surface area contributed by atoms with Crippen LogP contribution in [-0.2, 0) is 12.3 Å². The lowest BCUT2D eigenvalue weighted by Gasteiger charge is -2.22. The number of benzene rings is 1. The molecule has 1 atom stereocenters. The highest BCUT2D eigenvalue weighted by molar-refractivity contribution is 5.44. The van der Waals surface area contributed by atoms with E-state index in [2.05, 4.69) is 11.6 Å². The molecule has 0 saturated carbocycles. The minimum absolute atomic E-state index is 0.150. The molecule has 1 unspecified atom stereocenters. The highest BCUT2D eigenvalue weighted by atomic mass is 19.3. The van der Waals surface area contributed by atoms with Crippen LogP contribution in [0.5, 0.6) is 0 Å². The average Bonchev–Trinajstić information content (AvgIpc) is 3.09. The summed E-state index contributed by atoms with van der Waals surface area (Å²) in [5.41, 5.74) is 1.63. The highest BCUT2D eigenvalue weighted by Gasteiger charge is 2.35. The van der Waals surface area contributed by atoms with Crippen molar-refractivity contribution >= 4 is 0 Å². The molecule has 0 amide bonds. The first-order valence-electron chi connectivity index (χ1n) is 6.63. The van der Waals surface area contributed by atoms with Gasteiger partial charge >= 0.3 is 0 Å². The first-order chi connectivity index (χ1) is 10.1. The third-order valence-corrected chi connectivity index (χ3v) is 3.91. The number of nitrogens with zero attached hydrogens (tertiary/aromatic N) is 3. The van der Waals surface area contributed by atoms with E-state index in [1.807, 2.05) is 10.6 Å². The number of fused-ring (bicyclic) bond motifs is 1. The summed E-state index contributed by atoms with van der Waals surface area (Å²) in [5.74, 6) is -3.16. The van der Waals surface area contributed by atoms with Crippen molar-refractivity contribution in [3.05, 3.63) is 65.8 Å². The molecule has 1 aromatic carbocycles. The van der Waals surface area contributed by atoms with Crippen molar-refractivity contribution in [3.63, 3.8) is 0 Å². The van der Waals surface area contributed by atoms with Crippen molar-refractivity contribution in [1.29, 1.82) is 5.26 Å². The van der Waals surface area contributed by atoms with Crippen LogP contribution >= 0.6 is 0 Å². The fourth-order valence-corrected chi connectivity index (χ4v) is 2.85. The molecular weight excluding hydrogens is 272 g/mol. The molecule has 3 nitrogen and oxygen atoms in total. The zero-order valence-corrected chi connectivity index (χ0v) is 11.3. The van der Waals surface area contributed by atoms with Gasteiger partial charge in [0.25, 0.3) is 5.92 Å². The number of rotatable bonds is 3. The quantitative estimate of drug-likeness (QED) is 0.809. The second-order valence-electron chi connectivity index (χ2n) is 5.09. The van der Waals surface area contributed by atoms with Crippen LogP contribution in [-0.4, -0.2) is 9.55 Å². The zero-order valence-electron chi connectivity index (χ0n) is 11.3. The first kappa shape index (κ1) is 13.5. The standard InChI is InChI=1S/C16H13F2N3/c1-2-16(17,18)14-7-11(8-19)3-5-13(14)15-6-4-12-9-20-10-21(12)15/h2-3,5,7,9-10,15H,1,4,6H2. The maximum atomic E-state index is 14.2. The van der Waals surface area contributed by atoms with E-state index >= 15 is 0 Å². The molecule has 0 aliphatic carbocycles. The van der Waals surface area contributed by atoms with E-state index in [1.165, 1.54) is 6.07 Å². The maximum absolute atomic E-state index is 14.2. The van der Waals surface area contributed by atoms with Crippen LogP contribution in [0.15, 0.2) is 43.4 Å². The Morgan fingerprint density at radius 3 is 3.00 bits per heavy atom. The molecule has 0 radical (unpaired) electrons. The van der Waals surface area contributed by atoms with E-state index < -0.39 is 5.92 Å². The third-order valence-electron chi connectivity index (χ3n) is 3.91. The third kappa shape index (κ3) is 2.13. The lowest BCUT2D eigenvalue weighted by molar-refractivity contribution is 0.0510. The number of halogens is 2. The number of alkyl halides is 2. The Morgan fingerprint density at radius 2 is 2.29 bits per heavy atom. The monoisotopic (exact) mass is 285 g/mol. The van der Waals surface area contributed by atoms with Gasteiger partial charge in [0.2, 0.25) is 0 Å². The number of imidazole rings is 1. The van der Waals surface area contributed by atoms with Crippen LogP contribution in [0.2, 0.25) is 0 Å². The Bertz CT molecular complexity index is 740. The predicted octanol–water partition coefficient (Wildman–Crippen LogP) is 3.57. The van der Waals surface area contributed by atoms with Crippen molar-refractivity contribution in [2.75, 3.05) is 0 Å². The summed E-state index contributed by atoms with van der Waals surface area (Å²) in [7, 11) is 0. The SMILES string of the molecule is C=CC(F)(F)c1cc(C#N)ccc1C1CCc2cncn21. The molecule has 1 aromatic heterocycles. The van der Waals surface area contributed by atoms with E-state index in [-0.39, 0.29) is 17.2 Å². The van der Waals surface area contributed by atoms with Crippen LogP contribution in [0.3, 0.4) is 0 Å². The zero-order chi connectivity index (χ0) is 15.0. The van der Waals surface area contributed by atoms with E-state index in [9.17, 15) is 8.78 Å². The average molecular weight is 285 g/mol. The summed E-state index contributed by atoms with van der Waals surface area (Å²) >= 11 is 0. The van der Waals surface area contributed by atoms with Gasteiger partial charge in [-0.1, -0.05) is 12.6 Å². The van der Waals surface area contributed by atoms with Gasteiger partial charge in [0.1, 0.15) is 0 Å². The summed E-state index contributed by atoms with van der Waals surface area (Å²) in [5, 5.41) is 8.95. The van der Waals surface area contributed by atoms with Crippen molar-refractivity contribution in [3.8, 4) is 6.07 Å². The highest BCUT2D eigenvalue weighted by Crippen LogP contribution is 2.40. The first-order valence-corrected chi connectivity index (χ1v) is 6.63. The minimum Gasteiger partial charge on any atom is -0.327 e. The molecule has 2 heterocycles. The Hall–Kier alpha value is -2.48. The summed E-state index contributed by atoms with van der Waals surface area (Å²) in [6, 6.07) is 6.19. The normalized spacial score (nSPS) is 17.3. The summed E-state index contributed by atoms with van der Waals surface area (Å²) in [4.78, 5) is 4.07. The summed E-state index contributed by atoms with van der Waals surface area (Å²) in [6.07, 6.45) is 5.61. The minimum atomic E-state index is -3.16. The molecule has 106 valence electrons. The molecule has 21 heavy (non-hydrogen) atoms. The fourth-order valence-electron chi connectivity index (χ4n) is 2.85. The molecule has 0 fully saturated rings. The molecular formula is C16H13F2N3. The number of hydrogen-bond acceptors (Lipinski definition) is 2. The molecule has 0 spiro atoms. The van der Waals surface area contributed by atoms with Gasteiger partial charge in [-0.3, -0.25) is 0 Å². The molecule has 0 bridgehead atoms. The lowest BCUT2D eigenvalue weighted by atomic mass is 9.93. The second kappa shape index (κ2) is 4.81. The molecule has 0 N–H and O–H groups in total. The number of hydrogen-bond donors (Lipinski definition) is 0. The second-order valence-corrected chi connectivity index (χ2v) is 5.09. The van der Waals surface area contributed by atoms with Crippen LogP contribution in [0, 0.1) is 11.3 Å². The smallest absolute Gasteiger partial charge is 0.291 e. The van der Waals surface area contributed by atoms with Gasteiger partial charge in [0, 0.05) is 17.5 Å². The maximum Gasteiger partial charge on any atom is 0.291 e. The van der Waals surface area contributed by atoms with Gasteiger partial charge in [-0.2, -0.15) is 14.0 Å². The van der Waals surface area contributed by atoms with E-state index in [4.69, 9.17) is 5.26 Å². The van der Waals surface area contributed by atoms with Crippen molar-refractivity contribution in [1.82, 2.24) is 9.55 Å². The van der Waals surface area contributed by atoms with Crippen LogP contribution < -0.4 is 0 Å². The largest absolute Gasteiger partial charge is 0.327 e. The lowest BCUT2D eigenvalue weighted by Crippen LogP contribution is -2.17. The number of nitriles is 1. The van der Waals surface area contributed by atoms with Gasteiger partial charge < -0.3 is 4.57 Å². The molecule has 2 aromatic rings. The van der Waals surface area contributed by atoms with E-state index in [0.29, 0.717) is 11.6 Å². The molecule has 5 heteroatoms. The van der Waals surface area contributed by atoms with Crippen LogP contribution in [0.1, 0.15) is 34.8 Å². The Balaban J connectivity index is 2.16. The predicted molar refractivity (Wildman–Crippen MR) is 73.9 cm³/mol. The molecule has 0 saturated heterocycles. The number of allylic oxidation sites excluding steroid dienone is 1. The Kier molecular flexibility index (Phi) is 3.09. The van der Waals surface area contributed by atoms with Crippen molar-refractivity contribution in [2.45, 2.75) is 24.8 Å². The number of aromatic nitrogens is 2. The van der Waals surface area contributed by atoms with Crippen LogP contribution in [0.25, 0.3) is 0 Å².